The fraction of sp³-hybridized carbons (Fsp3) is 0.172. The van der Waals surface area contributed by atoms with Gasteiger partial charge in [0.1, 0.15) is 36.1 Å². The van der Waals surface area contributed by atoms with Crippen LogP contribution in [0.3, 0.4) is 0 Å². The third-order valence-corrected chi connectivity index (χ3v) is 7.01. The van der Waals surface area contributed by atoms with Gasteiger partial charge in [-0.1, -0.05) is 23.5 Å². The number of nitrogens with zero attached hydrogens (tertiary/aromatic N) is 2. The van der Waals surface area contributed by atoms with Gasteiger partial charge in [0.25, 0.3) is 0 Å². The Hall–Kier alpha value is -4.30. The summed E-state index contributed by atoms with van der Waals surface area (Å²) in [5.41, 5.74) is 3.34. The van der Waals surface area contributed by atoms with Crippen molar-refractivity contribution in [3.05, 3.63) is 77.0 Å². The SMILES string of the molecule is COc1ccc(-c2nc(/N=c3\cc(-c4ccc5c(c4)OCCO5)oc4ccccc34)sc2C)c(OC)c1. The lowest BCUT2D eigenvalue weighted by Gasteiger charge is -2.18. The maximum Gasteiger partial charge on any atom is 0.210 e. The van der Waals surface area contributed by atoms with E-state index in [1.54, 1.807) is 14.2 Å². The van der Waals surface area contributed by atoms with Gasteiger partial charge in [0.05, 0.1) is 25.3 Å². The van der Waals surface area contributed by atoms with E-state index in [-0.39, 0.29) is 0 Å². The van der Waals surface area contributed by atoms with E-state index in [2.05, 4.69) is 0 Å². The quantitative estimate of drug-likeness (QED) is 0.266. The van der Waals surface area contributed by atoms with E-state index in [0.717, 1.165) is 49.5 Å². The van der Waals surface area contributed by atoms with Crippen molar-refractivity contribution in [2.24, 2.45) is 4.99 Å². The molecule has 6 rings (SSSR count). The summed E-state index contributed by atoms with van der Waals surface area (Å²) in [4.78, 5) is 10.9. The minimum atomic E-state index is 0.524. The molecule has 0 fully saturated rings. The number of para-hydroxylation sites is 1. The second-order valence-electron chi connectivity index (χ2n) is 8.43. The van der Waals surface area contributed by atoms with Gasteiger partial charge in [0.2, 0.25) is 5.13 Å². The largest absolute Gasteiger partial charge is 0.497 e. The summed E-state index contributed by atoms with van der Waals surface area (Å²) in [7, 11) is 3.28. The molecule has 0 aliphatic carbocycles. The molecule has 0 spiro atoms. The number of benzene rings is 3. The van der Waals surface area contributed by atoms with Gasteiger partial charge in [-0.15, -0.1) is 0 Å². The smallest absolute Gasteiger partial charge is 0.210 e. The van der Waals surface area contributed by atoms with Gasteiger partial charge in [-0.05, 0) is 49.4 Å². The molecule has 0 bridgehead atoms. The number of aromatic nitrogens is 1. The van der Waals surface area contributed by atoms with E-state index in [1.165, 1.54) is 11.3 Å². The fourth-order valence-corrected chi connectivity index (χ4v) is 5.13. The van der Waals surface area contributed by atoms with Crippen molar-refractivity contribution < 1.29 is 23.4 Å². The molecule has 0 N–H and O–H groups in total. The molecule has 8 heteroatoms. The third-order valence-electron chi connectivity index (χ3n) is 6.14. The van der Waals surface area contributed by atoms with E-state index < -0.39 is 0 Å². The Labute approximate surface area is 217 Å². The molecular formula is C29H24N2O5S. The van der Waals surface area contributed by atoms with Crippen LogP contribution in [0.1, 0.15) is 4.88 Å². The molecule has 0 saturated carbocycles. The second kappa shape index (κ2) is 9.63. The third kappa shape index (κ3) is 4.40. The first-order valence-electron chi connectivity index (χ1n) is 11.8. The summed E-state index contributed by atoms with van der Waals surface area (Å²) in [5, 5.41) is 2.32. The number of rotatable bonds is 5. The molecule has 0 unspecified atom stereocenters. The van der Waals surface area contributed by atoms with Crippen molar-refractivity contribution in [2.75, 3.05) is 27.4 Å². The second-order valence-corrected chi connectivity index (χ2v) is 9.61. The van der Waals surface area contributed by atoms with E-state index in [1.807, 2.05) is 73.7 Å². The van der Waals surface area contributed by atoms with E-state index in [9.17, 15) is 0 Å². The van der Waals surface area contributed by atoms with Crippen LogP contribution in [0.15, 0.2) is 76.1 Å². The standard InChI is InChI=1S/C29H24N2O5S/c1-17-28(21-10-9-19(32-2)15-26(21)33-3)31-29(37-17)30-22-16-25(36-23-7-5-4-6-20(22)23)18-8-11-24-27(14-18)35-13-12-34-24/h4-11,14-16H,12-13H2,1-3H3/b30-22+. The molecule has 0 saturated heterocycles. The summed E-state index contributed by atoms with van der Waals surface area (Å²) >= 11 is 1.53. The molecule has 2 aromatic heterocycles. The Balaban J connectivity index is 1.47. The number of ether oxygens (including phenoxy) is 4. The van der Waals surface area contributed by atoms with Crippen LogP contribution in [0, 0.1) is 6.92 Å². The molecule has 186 valence electrons. The molecule has 5 aromatic rings. The highest BCUT2D eigenvalue weighted by Gasteiger charge is 2.17. The zero-order chi connectivity index (χ0) is 25.4. The first kappa shape index (κ1) is 23.1. The van der Waals surface area contributed by atoms with Gasteiger partial charge in [0, 0.05) is 33.5 Å². The predicted molar refractivity (Wildman–Crippen MR) is 143 cm³/mol. The van der Waals surface area contributed by atoms with Gasteiger partial charge < -0.3 is 23.4 Å². The summed E-state index contributed by atoms with van der Waals surface area (Å²) in [6, 6.07) is 21.3. The van der Waals surface area contributed by atoms with Crippen LogP contribution in [-0.4, -0.2) is 32.4 Å². The van der Waals surface area contributed by atoms with E-state index in [0.29, 0.717) is 35.6 Å². The van der Waals surface area contributed by atoms with Gasteiger partial charge >= 0.3 is 0 Å². The van der Waals surface area contributed by atoms with Crippen LogP contribution in [0.25, 0.3) is 33.6 Å². The van der Waals surface area contributed by atoms with Crippen molar-refractivity contribution in [1.29, 1.82) is 0 Å². The lowest BCUT2D eigenvalue weighted by Crippen LogP contribution is -2.15. The van der Waals surface area contributed by atoms with Crippen LogP contribution < -0.4 is 24.3 Å². The van der Waals surface area contributed by atoms with Crippen molar-refractivity contribution in [3.8, 4) is 45.6 Å². The molecule has 37 heavy (non-hydrogen) atoms. The van der Waals surface area contributed by atoms with Gasteiger partial charge in [0.15, 0.2) is 11.5 Å². The average Bonchev–Trinajstić information content (AvgIpc) is 3.31. The van der Waals surface area contributed by atoms with Crippen molar-refractivity contribution in [2.45, 2.75) is 6.92 Å². The fourth-order valence-electron chi connectivity index (χ4n) is 4.33. The Morgan fingerprint density at radius 2 is 1.73 bits per heavy atom. The maximum atomic E-state index is 6.27. The minimum absolute atomic E-state index is 0.524. The first-order valence-corrected chi connectivity index (χ1v) is 12.6. The normalized spacial score (nSPS) is 13.1. The molecule has 1 aliphatic rings. The van der Waals surface area contributed by atoms with Crippen molar-refractivity contribution >= 4 is 27.4 Å². The molecule has 7 nitrogen and oxygen atoms in total. The average molecular weight is 513 g/mol. The topological polar surface area (TPSA) is 75.3 Å². The van der Waals surface area contributed by atoms with Gasteiger partial charge in [-0.3, -0.25) is 0 Å². The number of hydrogen-bond donors (Lipinski definition) is 0. The molecule has 1 aliphatic heterocycles. The Kier molecular flexibility index (Phi) is 6.02. The summed E-state index contributed by atoms with van der Waals surface area (Å²) in [6.45, 7) is 3.11. The highest BCUT2D eigenvalue weighted by atomic mass is 32.1. The molecule has 0 amide bonds. The lowest BCUT2D eigenvalue weighted by atomic mass is 10.1. The van der Waals surface area contributed by atoms with Gasteiger partial charge in [-0.25, -0.2) is 9.98 Å². The van der Waals surface area contributed by atoms with E-state index in [4.69, 9.17) is 33.3 Å². The Morgan fingerprint density at radius 1 is 0.892 bits per heavy atom. The number of methoxy groups -OCH3 is 2. The molecule has 3 heterocycles. The van der Waals surface area contributed by atoms with Crippen molar-refractivity contribution in [1.82, 2.24) is 4.98 Å². The van der Waals surface area contributed by atoms with Crippen LogP contribution in [0.5, 0.6) is 23.0 Å². The predicted octanol–water partition coefficient (Wildman–Crippen LogP) is 6.55. The molecule has 0 radical (unpaired) electrons. The minimum Gasteiger partial charge on any atom is -0.497 e. The maximum absolute atomic E-state index is 6.27. The zero-order valence-electron chi connectivity index (χ0n) is 20.6. The highest BCUT2D eigenvalue weighted by molar-refractivity contribution is 7.15. The number of fused-ring (bicyclic) bond motifs is 2. The lowest BCUT2D eigenvalue weighted by molar-refractivity contribution is 0.171. The number of hydrogen-bond acceptors (Lipinski definition) is 8. The van der Waals surface area contributed by atoms with Crippen LogP contribution in [-0.2, 0) is 0 Å². The summed E-state index contributed by atoms with van der Waals surface area (Å²) < 4.78 is 28.7. The number of thiazole rings is 1. The number of aryl methyl sites for hydroxylation is 1. The van der Waals surface area contributed by atoms with Gasteiger partial charge in [-0.2, -0.15) is 0 Å². The van der Waals surface area contributed by atoms with Crippen LogP contribution in [0.4, 0.5) is 5.13 Å². The summed E-state index contributed by atoms with van der Waals surface area (Å²) in [6.07, 6.45) is 0. The summed E-state index contributed by atoms with van der Waals surface area (Å²) in [5.74, 6) is 3.55. The molecular weight excluding hydrogens is 488 g/mol. The van der Waals surface area contributed by atoms with Crippen molar-refractivity contribution in [3.63, 3.8) is 0 Å². The highest BCUT2D eigenvalue weighted by Crippen LogP contribution is 2.39. The Morgan fingerprint density at radius 3 is 2.57 bits per heavy atom. The van der Waals surface area contributed by atoms with Crippen LogP contribution >= 0.6 is 11.3 Å². The molecule has 0 atom stereocenters. The Bertz CT molecular complexity index is 1690. The molecule has 3 aromatic carbocycles. The zero-order valence-corrected chi connectivity index (χ0v) is 21.4. The first-order chi connectivity index (χ1) is 18.1. The van der Waals surface area contributed by atoms with E-state index >= 15 is 0 Å². The van der Waals surface area contributed by atoms with Crippen LogP contribution in [0.2, 0.25) is 0 Å². The monoisotopic (exact) mass is 512 g/mol.